The molecular weight excluding hydrogens is 222 g/mol. The molecule has 0 amide bonds. The Hall–Kier alpha value is -1.49. The van der Waals surface area contributed by atoms with Crippen LogP contribution in [0.1, 0.15) is 6.92 Å². The van der Waals surface area contributed by atoms with Crippen LogP contribution in [0.5, 0.6) is 5.75 Å². The van der Waals surface area contributed by atoms with Gasteiger partial charge in [0.25, 0.3) is 0 Å². The third kappa shape index (κ3) is 2.36. The smallest absolute Gasteiger partial charge is 0.208 e. The molecule has 0 N–H and O–H groups in total. The minimum absolute atomic E-state index is 0.804. The van der Waals surface area contributed by atoms with E-state index in [0.717, 1.165) is 22.3 Å². The maximum absolute atomic E-state index is 5.10. The summed E-state index contributed by atoms with van der Waals surface area (Å²) in [5.41, 5.74) is 0.983. The molecule has 0 fully saturated rings. The third-order valence-electron chi connectivity index (χ3n) is 2.08. The number of benzene rings is 1. The Morgan fingerprint density at radius 1 is 1.31 bits per heavy atom. The number of thioether (sulfide) groups is 1. The average Bonchev–Trinajstić information content (AvgIpc) is 2.78. The van der Waals surface area contributed by atoms with Gasteiger partial charge in [0.1, 0.15) is 12.1 Å². The van der Waals surface area contributed by atoms with Crippen molar-refractivity contribution in [3.8, 4) is 11.4 Å². The van der Waals surface area contributed by atoms with Gasteiger partial charge in [0.05, 0.1) is 12.8 Å². The predicted molar refractivity (Wildman–Crippen MR) is 64.3 cm³/mol. The van der Waals surface area contributed by atoms with Gasteiger partial charge in [-0.05, 0) is 30.0 Å². The Morgan fingerprint density at radius 2 is 2.06 bits per heavy atom. The van der Waals surface area contributed by atoms with Crippen LogP contribution >= 0.6 is 11.8 Å². The molecule has 0 aliphatic rings. The van der Waals surface area contributed by atoms with Crippen molar-refractivity contribution in [2.24, 2.45) is 0 Å². The molecule has 0 aliphatic heterocycles. The lowest BCUT2D eigenvalue weighted by Crippen LogP contribution is -1.94. The average molecular weight is 235 g/mol. The first-order chi connectivity index (χ1) is 7.83. The van der Waals surface area contributed by atoms with E-state index in [9.17, 15) is 0 Å². The topological polar surface area (TPSA) is 39.9 Å². The molecule has 0 aliphatic carbocycles. The van der Waals surface area contributed by atoms with Crippen molar-refractivity contribution in [2.45, 2.75) is 12.1 Å². The van der Waals surface area contributed by atoms with Gasteiger partial charge >= 0.3 is 0 Å². The standard InChI is InChI=1S/C11H13N3OS/c1-3-16-11-12-8-14(13-11)9-4-6-10(15-2)7-5-9/h4-8H,3H2,1-2H3. The van der Waals surface area contributed by atoms with Crippen LogP contribution in [-0.2, 0) is 0 Å². The molecule has 1 aromatic heterocycles. The number of nitrogens with zero attached hydrogens (tertiary/aromatic N) is 3. The summed E-state index contributed by atoms with van der Waals surface area (Å²) in [6.45, 7) is 2.08. The summed E-state index contributed by atoms with van der Waals surface area (Å²) in [5.74, 6) is 1.82. The second kappa shape index (κ2) is 5.03. The van der Waals surface area contributed by atoms with Crippen LogP contribution in [0.4, 0.5) is 0 Å². The molecule has 1 heterocycles. The van der Waals surface area contributed by atoms with Crippen molar-refractivity contribution in [2.75, 3.05) is 12.9 Å². The molecule has 2 rings (SSSR count). The fourth-order valence-corrected chi connectivity index (χ4v) is 1.83. The summed E-state index contributed by atoms with van der Waals surface area (Å²) in [6.07, 6.45) is 1.72. The molecular formula is C11H13N3OS. The lowest BCUT2D eigenvalue weighted by molar-refractivity contribution is 0.414. The number of rotatable bonds is 4. The van der Waals surface area contributed by atoms with Gasteiger partial charge in [-0.3, -0.25) is 0 Å². The molecule has 16 heavy (non-hydrogen) atoms. The maximum Gasteiger partial charge on any atom is 0.208 e. The van der Waals surface area contributed by atoms with E-state index in [1.54, 1.807) is 29.9 Å². The Morgan fingerprint density at radius 3 is 2.69 bits per heavy atom. The predicted octanol–water partition coefficient (Wildman–Crippen LogP) is 2.39. The maximum atomic E-state index is 5.10. The van der Waals surface area contributed by atoms with E-state index < -0.39 is 0 Å². The lowest BCUT2D eigenvalue weighted by Gasteiger charge is -2.02. The quantitative estimate of drug-likeness (QED) is 0.763. The number of hydrogen-bond acceptors (Lipinski definition) is 4. The molecule has 5 heteroatoms. The Balaban J connectivity index is 2.21. The van der Waals surface area contributed by atoms with Gasteiger partial charge in [0, 0.05) is 0 Å². The van der Waals surface area contributed by atoms with Gasteiger partial charge in [0.15, 0.2) is 0 Å². The van der Waals surface area contributed by atoms with E-state index in [1.165, 1.54) is 0 Å². The van der Waals surface area contributed by atoms with Crippen LogP contribution in [0, 0.1) is 0 Å². The van der Waals surface area contributed by atoms with Crippen molar-refractivity contribution in [1.29, 1.82) is 0 Å². The van der Waals surface area contributed by atoms with Crippen LogP contribution in [0.15, 0.2) is 35.7 Å². The van der Waals surface area contributed by atoms with E-state index in [1.807, 2.05) is 24.3 Å². The third-order valence-corrected chi connectivity index (χ3v) is 2.82. The molecule has 2 aromatic rings. The molecule has 0 atom stereocenters. The highest BCUT2D eigenvalue weighted by Gasteiger charge is 2.02. The van der Waals surface area contributed by atoms with Gasteiger partial charge < -0.3 is 4.74 Å². The molecule has 0 unspecified atom stereocenters. The van der Waals surface area contributed by atoms with Crippen molar-refractivity contribution in [1.82, 2.24) is 14.8 Å². The monoisotopic (exact) mass is 235 g/mol. The van der Waals surface area contributed by atoms with E-state index in [2.05, 4.69) is 17.0 Å². The SMILES string of the molecule is CCSc1ncn(-c2ccc(OC)cc2)n1. The van der Waals surface area contributed by atoms with Gasteiger partial charge in [-0.25, -0.2) is 9.67 Å². The molecule has 4 nitrogen and oxygen atoms in total. The molecule has 1 aromatic carbocycles. The summed E-state index contributed by atoms with van der Waals surface area (Å²) in [4.78, 5) is 4.21. The molecule has 0 saturated carbocycles. The summed E-state index contributed by atoms with van der Waals surface area (Å²) in [5, 5.41) is 5.16. The molecule has 84 valence electrons. The number of aromatic nitrogens is 3. The van der Waals surface area contributed by atoms with Crippen LogP contribution in [0.3, 0.4) is 0 Å². The number of ether oxygens (including phenoxy) is 1. The first-order valence-corrected chi connectivity index (χ1v) is 6.01. The largest absolute Gasteiger partial charge is 0.497 e. The zero-order valence-electron chi connectivity index (χ0n) is 9.25. The Labute approximate surface area is 98.6 Å². The van der Waals surface area contributed by atoms with Gasteiger partial charge in [-0.1, -0.05) is 18.7 Å². The minimum atomic E-state index is 0.804. The van der Waals surface area contributed by atoms with E-state index >= 15 is 0 Å². The second-order valence-corrected chi connectivity index (χ2v) is 4.33. The molecule has 0 bridgehead atoms. The summed E-state index contributed by atoms with van der Waals surface area (Å²) >= 11 is 1.63. The van der Waals surface area contributed by atoms with Crippen molar-refractivity contribution in [3.63, 3.8) is 0 Å². The summed E-state index contributed by atoms with van der Waals surface area (Å²) in [7, 11) is 1.65. The summed E-state index contributed by atoms with van der Waals surface area (Å²) in [6, 6.07) is 7.72. The van der Waals surface area contributed by atoms with Gasteiger partial charge in [0.2, 0.25) is 5.16 Å². The zero-order valence-corrected chi connectivity index (χ0v) is 10.1. The second-order valence-electron chi connectivity index (χ2n) is 3.10. The highest BCUT2D eigenvalue weighted by molar-refractivity contribution is 7.99. The highest BCUT2D eigenvalue weighted by atomic mass is 32.2. The molecule has 0 radical (unpaired) electrons. The number of hydrogen-bond donors (Lipinski definition) is 0. The van der Waals surface area contributed by atoms with Crippen LogP contribution in [0.25, 0.3) is 5.69 Å². The highest BCUT2D eigenvalue weighted by Crippen LogP contribution is 2.16. The summed E-state index contributed by atoms with van der Waals surface area (Å²) < 4.78 is 6.86. The fraction of sp³-hybridized carbons (Fsp3) is 0.273. The van der Waals surface area contributed by atoms with E-state index in [4.69, 9.17) is 4.74 Å². The van der Waals surface area contributed by atoms with Crippen molar-refractivity contribution < 1.29 is 4.74 Å². The lowest BCUT2D eigenvalue weighted by atomic mass is 10.3. The van der Waals surface area contributed by atoms with Crippen LogP contribution in [-0.4, -0.2) is 27.6 Å². The Kier molecular flexibility index (Phi) is 3.46. The Bertz CT molecular complexity index is 453. The normalized spacial score (nSPS) is 10.4. The van der Waals surface area contributed by atoms with Crippen molar-refractivity contribution >= 4 is 11.8 Å². The fourth-order valence-electron chi connectivity index (χ4n) is 1.30. The van der Waals surface area contributed by atoms with Gasteiger partial charge in [-0.15, -0.1) is 5.10 Å². The van der Waals surface area contributed by atoms with Crippen LogP contribution < -0.4 is 4.74 Å². The number of methoxy groups -OCH3 is 1. The van der Waals surface area contributed by atoms with Gasteiger partial charge in [-0.2, -0.15) is 0 Å². The first-order valence-electron chi connectivity index (χ1n) is 5.02. The van der Waals surface area contributed by atoms with Crippen LogP contribution in [0.2, 0.25) is 0 Å². The molecule has 0 spiro atoms. The van der Waals surface area contributed by atoms with Crippen molar-refractivity contribution in [3.05, 3.63) is 30.6 Å². The van der Waals surface area contributed by atoms with E-state index in [0.29, 0.717) is 0 Å². The first kappa shape index (κ1) is 11.0. The molecule has 0 saturated heterocycles. The minimum Gasteiger partial charge on any atom is -0.497 e. The zero-order chi connectivity index (χ0) is 11.4. The van der Waals surface area contributed by atoms with E-state index in [-0.39, 0.29) is 0 Å².